The van der Waals surface area contributed by atoms with Crippen LogP contribution in [-0.2, 0) is 11.2 Å². The number of carbonyl (C=O) groups is 2. The van der Waals surface area contributed by atoms with E-state index in [2.05, 4.69) is 25.9 Å². The molecule has 0 spiro atoms. The highest BCUT2D eigenvalue weighted by atomic mass is 19.2. The molecule has 0 atom stereocenters. The molecule has 5 rings (SSSR count). The molecule has 4 aromatic rings. The van der Waals surface area contributed by atoms with E-state index in [1.807, 2.05) is 6.92 Å². The number of halogens is 2. The number of carbonyl (C=O) groups excluding carboxylic acids is 2. The molecule has 3 heterocycles. The Morgan fingerprint density at radius 3 is 2.71 bits per heavy atom. The number of methoxy groups -OCH3 is 1. The van der Waals surface area contributed by atoms with E-state index in [4.69, 9.17) is 9.47 Å². The van der Waals surface area contributed by atoms with Gasteiger partial charge in [-0.3, -0.25) is 14.0 Å². The molecule has 1 aliphatic rings. The second kappa shape index (κ2) is 12.3. The van der Waals surface area contributed by atoms with Crippen molar-refractivity contribution in [1.82, 2.24) is 25.0 Å². The quantitative estimate of drug-likeness (QED) is 0.245. The lowest BCUT2D eigenvalue weighted by Gasteiger charge is -2.23. The Kier molecular flexibility index (Phi) is 8.39. The van der Waals surface area contributed by atoms with Crippen molar-refractivity contribution >= 4 is 29.5 Å². The Morgan fingerprint density at radius 1 is 1.17 bits per heavy atom. The van der Waals surface area contributed by atoms with Crippen LogP contribution in [0.1, 0.15) is 35.7 Å². The van der Waals surface area contributed by atoms with Gasteiger partial charge in [-0.25, -0.2) is 14.4 Å². The molecule has 2 aromatic carbocycles. The first kappa shape index (κ1) is 28.0. The zero-order chi connectivity index (χ0) is 28.9. The topological polar surface area (TPSA) is 119 Å². The number of ether oxygens (including phenoxy) is 2. The number of anilines is 2. The van der Waals surface area contributed by atoms with Gasteiger partial charge >= 0.3 is 0 Å². The molecular formula is C29H30F2N6O4. The van der Waals surface area contributed by atoms with Crippen molar-refractivity contribution < 1.29 is 27.8 Å². The van der Waals surface area contributed by atoms with Gasteiger partial charge < -0.3 is 25.4 Å². The lowest BCUT2D eigenvalue weighted by Crippen LogP contribution is -2.36. The van der Waals surface area contributed by atoms with Crippen LogP contribution in [0.5, 0.6) is 11.5 Å². The normalized spacial score (nSPS) is 13.7. The Labute approximate surface area is 235 Å². The van der Waals surface area contributed by atoms with Crippen LogP contribution >= 0.6 is 0 Å². The van der Waals surface area contributed by atoms with Crippen molar-refractivity contribution in [3.05, 3.63) is 65.6 Å². The highest BCUT2D eigenvalue weighted by molar-refractivity contribution is 5.97. The summed E-state index contributed by atoms with van der Waals surface area (Å²) in [6, 6.07) is 6.05. The molecule has 214 valence electrons. The van der Waals surface area contributed by atoms with E-state index in [9.17, 15) is 18.4 Å². The molecule has 2 aromatic heterocycles. The molecule has 1 amide bonds. The van der Waals surface area contributed by atoms with Gasteiger partial charge in [0.15, 0.2) is 28.8 Å². The summed E-state index contributed by atoms with van der Waals surface area (Å²) in [7, 11) is 1.26. The summed E-state index contributed by atoms with van der Waals surface area (Å²) in [6.45, 7) is 4.61. The smallest absolute Gasteiger partial charge is 0.298 e. The van der Waals surface area contributed by atoms with Crippen molar-refractivity contribution in [1.29, 1.82) is 0 Å². The lowest BCUT2D eigenvalue weighted by atomic mass is 9.97. The molecule has 10 nitrogen and oxygen atoms in total. The molecule has 1 aliphatic heterocycles. The second-order valence-electron chi connectivity index (χ2n) is 9.62. The highest BCUT2D eigenvalue weighted by Gasteiger charge is 2.23. The molecule has 1 fully saturated rings. The maximum Gasteiger partial charge on any atom is 0.298 e. The largest absolute Gasteiger partial charge is 0.494 e. The van der Waals surface area contributed by atoms with E-state index in [-0.39, 0.29) is 28.8 Å². The van der Waals surface area contributed by atoms with Crippen LogP contribution in [0.15, 0.2) is 42.9 Å². The third kappa shape index (κ3) is 5.55. The molecule has 0 bridgehead atoms. The first-order chi connectivity index (χ1) is 20.0. The third-order valence-electron chi connectivity index (χ3n) is 7.26. The van der Waals surface area contributed by atoms with Crippen LogP contribution in [0.4, 0.5) is 20.3 Å². The highest BCUT2D eigenvalue weighted by Crippen LogP contribution is 2.36. The number of hydrogen-bond donors (Lipinski definition) is 3. The van der Waals surface area contributed by atoms with E-state index < -0.39 is 11.6 Å². The number of nitrogens with zero attached hydrogens (tertiary/aromatic N) is 3. The first-order valence-electron chi connectivity index (χ1n) is 13.3. The maximum atomic E-state index is 14.9. The average Bonchev–Trinajstić information content (AvgIpc) is 3.43. The molecule has 1 saturated heterocycles. The van der Waals surface area contributed by atoms with Crippen molar-refractivity contribution in [2.75, 3.05) is 32.1 Å². The monoisotopic (exact) mass is 564 g/mol. The zero-order valence-electron chi connectivity index (χ0n) is 22.7. The number of piperidine rings is 1. The van der Waals surface area contributed by atoms with Gasteiger partial charge in [0.05, 0.1) is 24.7 Å². The Morgan fingerprint density at radius 2 is 1.98 bits per heavy atom. The number of hydrogen-bond acceptors (Lipinski definition) is 8. The van der Waals surface area contributed by atoms with Gasteiger partial charge in [0.2, 0.25) is 5.82 Å². The van der Waals surface area contributed by atoms with E-state index in [1.54, 1.807) is 22.7 Å². The van der Waals surface area contributed by atoms with Crippen molar-refractivity contribution in [2.45, 2.75) is 26.2 Å². The van der Waals surface area contributed by atoms with Crippen molar-refractivity contribution in [3.8, 4) is 22.8 Å². The van der Waals surface area contributed by atoms with Crippen LogP contribution < -0.4 is 25.4 Å². The molecular weight excluding hydrogens is 534 g/mol. The number of benzene rings is 2. The molecule has 3 N–H and O–H groups in total. The lowest BCUT2D eigenvalue weighted by molar-refractivity contribution is -0.120. The van der Waals surface area contributed by atoms with Gasteiger partial charge in [-0.05, 0) is 62.5 Å². The van der Waals surface area contributed by atoms with E-state index in [1.165, 1.54) is 31.6 Å². The van der Waals surface area contributed by atoms with Gasteiger partial charge in [-0.2, -0.15) is 4.39 Å². The number of amides is 1. The van der Waals surface area contributed by atoms with Crippen LogP contribution in [0.3, 0.4) is 0 Å². The minimum absolute atomic E-state index is 0.00829. The number of aromatic nitrogens is 3. The Balaban J connectivity index is 1.46. The SMILES string of the molecule is CCc1c(C(=O)NCC2CCNCC2)ccc(Nc2nccn3c(-c4ccc(OC)c(F)c4F)cnc23)c1OC=O. The van der Waals surface area contributed by atoms with E-state index in [0.717, 1.165) is 25.9 Å². The van der Waals surface area contributed by atoms with Gasteiger partial charge in [0, 0.05) is 35.6 Å². The number of imidazole rings is 1. The maximum absolute atomic E-state index is 14.9. The Bertz CT molecular complexity index is 1590. The number of nitrogens with one attached hydrogen (secondary N) is 3. The average molecular weight is 565 g/mol. The summed E-state index contributed by atoms with van der Waals surface area (Å²) in [6.07, 6.45) is 6.86. The zero-order valence-corrected chi connectivity index (χ0v) is 22.7. The summed E-state index contributed by atoms with van der Waals surface area (Å²) in [5.41, 5.74) is 1.95. The minimum Gasteiger partial charge on any atom is -0.494 e. The van der Waals surface area contributed by atoms with Gasteiger partial charge in [0.1, 0.15) is 0 Å². The molecule has 0 unspecified atom stereocenters. The predicted molar refractivity (Wildman–Crippen MR) is 149 cm³/mol. The predicted octanol–water partition coefficient (Wildman–Crippen LogP) is 4.25. The fourth-order valence-corrected chi connectivity index (χ4v) is 5.11. The fourth-order valence-electron chi connectivity index (χ4n) is 5.11. The van der Waals surface area contributed by atoms with Crippen LogP contribution in [0.25, 0.3) is 16.9 Å². The summed E-state index contributed by atoms with van der Waals surface area (Å²) < 4.78 is 41.1. The minimum atomic E-state index is -1.10. The van der Waals surface area contributed by atoms with Gasteiger partial charge in [-0.15, -0.1) is 0 Å². The first-order valence-corrected chi connectivity index (χ1v) is 13.3. The summed E-state index contributed by atoms with van der Waals surface area (Å²) in [5.74, 6) is -1.75. The van der Waals surface area contributed by atoms with Gasteiger partial charge in [-0.1, -0.05) is 6.92 Å². The second-order valence-corrected chi connectivity index (χ2v) is 9.62. The summed E-state index contributed by atoms with van der Waals surface area (Å²) >= 11 is 0. The van der Waals surface area contributed by atoms with E-state index >= 15 is 0 Å². The van der Waals surface area contributed by atoms with Crippen molar-refractivity contribution in [2.24, 2.45) is 5.92 Å². The van der Waals surface area contributed by atoms with Crippen LogP contribution in [0, 0.1) is 17.6 Å². The summed E-state index contributed by atoms with van der Waals surface area (Å²) in [4.78, 5) is 33.3. The van der Waals surface area contributed by atoms with Gasteiger partial charge in [0.25, 0.3) is 12.4 Å². The summed E-state index contributed by atoms with van der Waals surface area (Å²) in [5, 5.41) is 9.46. The molecule has 12 heteroatoms. The number of rotatable bonds is 10. The number of fused-ring (bicyclic) bond motifs is 1. The standard InChI is InChI=1S/C29H30F2N6O4/c1-3-18-19(29(39)35-14-17-8-10-32-11-9-17)4-6-21(26(18)41-16-38)36-27-28-34-15-22(37(28)13-12-33-27)20-5-7-23(40-2)25(31)24(20)30/h4-7,12-13,15-17,32H,3,8-11,14H2,1-2H3,(H,33,36)(H,35,39). The van der Waals surface area contributed by atoms with E-state index in [0.29, 0.717) is 53.5 Å². The molecule has 0 saturated carbocycles. The van der Waals surface area contributed by atoms with Crippen molar-refractivity contribution in [3.63, 3.8) is 0 Å². The Hall–Kier alpha value is -4.58. The molecule has 0 radical (unpaired) electrons. The third-order valence-corrected chi connectivity index (χ3v) is 7.26. The molecule has 0 aliphatic carbocycles. The molecule has 41 heavy (non-hydrogen) atoms. The van der Waals surface area contributed by atoms with Crippen LogP contribution in [-0.4, -0.2) is 53.5 Å². The van der Waals surface area contributed by atoms with Crippen LogP contribution in [0.2, 0.25) is 0 Å². The fraction of sp³-hybridized carbons (Fsp3) is 0.310.